The lowest BCUT2D eigenvalue weighted by Crippen LogP contribution is -2.43. The number of amides is 2. The fraction of sp³-hybridized carbons (Fsp3) is 0.407. The van der Waals surface area contributed by atoms with Gasteiger partial charge in [-0.1, -0.05) is 61.0 Å². The molecule has 0 saturated heterocycles. The normalized spacial score (nSPS) is 14.2. The Balaban J connectivity index is 1.80. The van der Waals surface area contributed by atoms with Gasteiger partial charge in [0.25, 0.3) is 0 Å². The largest absolute Gasteiger partial charge is 0.497 e. The highest BCUT2D eigenvalue weighted by atomic mass is 16.5. The second-order valence-electron chi connectivity index (χ2n) is 8.19. The van der Waals surface area contributed by atoms with Crippen molar-refractivity contribution in [2.75, 3.05) is 13.7 Å². The highest BCUT2D eigenvalue weighted by molar-refractivity contribution is 5.88. The van der Waals surface area contributed by atoms with Crippen molar-refractivity contribution in [3.63, 3.8) is 0 Å². The lowest BCUT2D eigenvalue weighted by molar-refractivity contribution is -0.141. The number of allylic oxidation sites excluding steroid dienone is 1. The molecule has 1 unspecified atom stereocenters. The predicted molar refractivity (Wildman–Crippen MR) is 127 cm³/mol. The predicted octanol–water partition coefficient (Wildman–Crippen LogP) is 5.18. The maximum atomic E-state index is 13.4. The van der Waals surface area contributed by atoms with Crippen molar-refractivity contribution in [2.24, 2.45) is 0 Å². The first kappa shape index (κ1) is 23.6. The molecule has 1 atom stereocenters. The number of ether oxygens (including phenoxy) is 1. The monoisotopic (exact) mass is 434 g/mol. The second-order valence-corrected chi connectivity index (χ2v) is 8.19. The first-order valence-corrected chi connectivity index (χ1v) is 11.5. The highest BCUT2D eigenvalue weighted by Crippen LogP contribution is 2.26. The number of methoxy groups -OCH3 is 1. The summed E-state index contributed by atoms with van der Waals surface area (Å²) in [6, 6.07) is 16.5. The molecule has 0 bridgehead atoms. The zero-order valence-electron chi connectivity index (χ0n) is 19.2. The summed E-state index contributed by atoms with van der Waals surface area (Å²) in [5.41, 5.74) is 3.19. The maximum absolute atomic E-state index is 13.4. The van der Waals surface area contributed by atoms with Gasteiger partial charge >= 0.3 is 0 Å². The van der Waals surface area contributed by atoms with E-state index in [4.69, 9.17) is 4.74 Å². The van der Waals surface area contributed by atoms with Gasteiger partial charge in [-0.2, -0.15) is 0 Å². The van der Waals surface area contributed by atoms with E-state index in [1.807, 2.05) is 61.5 Å². The van der Waals surface area contributed by atoms with Gasteiger partial charge in [-0.15, -0.1) is 0 Å². The minimum atomic E-state index is -0.675. The Hall–Kier alpha value is -3.08. The van der Waals surface area contributed by atoms with Gasteiger partial charge in [0.05, 0.1) is 7.11 Å². The number of hydrogen-bond donors (Lipinski definition) is 1. The average Bonchev–Trinajstić information content (AvgIpc) is 2.85. The van der Waals surface area contributed by atoms with Gasteiger partial charge in [-0.05, 0) is 55.4 Å². The molecule has 0 heterocycles. The zero-order chi connectivity index (χ0) is 22.8. The van der Waals surface area contributed by atoms with E-state index in [1.165, 1.54) is 18.4 Å². The molecule has 5 nitrogen and oxygen atoms in total. The Kier molecular flexibility index (Phi) is 8.90. The van der Waals surface area contributed by atoms with Crippen molar-refractivity contribution >= 4 is 11.8 Å². The van der Waals surface area contributed by atoms with Crippen LogP contribution in [0.25, 0.3) is 0 Å². The number of nitrogens with zero attached hydrogens (tertiary/aromatic N) is 1. The molecule has 32 heavy (non-hydrogen) atoms. The molecule has 0 saturated carbocycles. The van der Waals surface area contributed by atoms with E-state index in [1.54, 1.807) is 12.0 Å². The van der Waals surface area contributed by atoms with E-state index in [9.17, 15) is 9.59 Å². The van der Waals surface area contributed by atoms with Crippen LogP contribution < -0.4 is 10.1 Å². The summed E-state index contributed by atoms with van der Waals surface area (Å²) in [6.07, 6.45) is 8.25. The zero-order valence-corrected chi connectivity index (χ0v) is 19.2. The molecule has 0 spiro atoms. The van der Waals surface area contributed by atoms with Gasteiger partial charge < -0.3 is 15.0 Å². The highest BCUT2D eigenvalue weighted by Gasteiger charge is 2.30. The van der Waals surface area contributed by atoms with Crippen LogP contribution in [0.1, 0.15) is 62.6 Å². The van der Waals surface area contributed by atoms with Crippen molar-refractivity contribution < 1.29 is 14.3 Å². The standard InChI is InChI=1S/C27H34N2O3/c1-3-25(30)29(20-22-14-16-24(32-2)17-15-22)26(23-12-8-5-9-13-23)27(31)28-19-18-21-10-6-4-7-11-21/h5,8-10,12-17,26H,3-4,6-7,11,18-20H2,1-2H3,(H,28,31). The molecule has 0 aliphatic heterocycles. The minimum absolute atomic E-state index is 0.0557. The topological polar surface area (TPSA) is 58.6 Å². The molecule has 0 fully saturated rings. The van der Waals surface area contributed by atoms with Crippen LogP contribution in [-0.4, -0.2) is 30.4 Å². The Labute approximate surface area is 191 Å². The number of hydrogen-bond acceptors (Lipinski definition) is 3. The molecule has 1 aliphatic carbocycles. The second kappa shape index (κ2) is 12.1. The van der Waals surface area contributed by atoms with Gasteiger partial charge in [0, 0.05) is 19.5 Å². The fourth-order valence-corrected chi connectivity index (χ4v) is 4.14. The molecule has 170 valence electrons. The van der Waals surface area contributed by atoms with Crippen molar-refractivity contribution in [1.29, 1.82) is 0 Å². The van der Waals surface area contributed by atoms with E-state index < -0.39 is 6.04 Å². The number of carbonyl (C=O) groups excluding carboxylic acids is 2. The number of carbonyl (C=O) groups is 2. The fourth-order valence-electron chi connectivity index (χ4n) is 4.14. The molecule has 2 aromatic carbocycles. The number of nitrogens with one attached hydrogen (secondary N) is 1. The Morgan fingerprint density at radius 2 is 1.81 bits per heavy atom. The summed E-state index contributed by atoms with van der Waals surface area (Å²) in [6.45, 7) is 2.78. The Morgan fingerprint density at radius 1 is 1.06 bits per heavy atom. The summed E-state index contributed by atoms with van der Waals surface area (Å²) >= 11 is 0. The molecule has 0 aromatic heterocycles. The van der Waals surface area contributed by atoms with E-state index in [0.29, 0.717) is 19.5 Å². The van der Waals surface area contributed by atoms with Gasteiger partial charge in [0.1, 0.15) is 11.8 Å². The molecule has 1 N–H and O–H groups in total. The molecule has 2 aromatic rings. The lowest BCUT2D eigenvalue weighted by atomic mass is 9.97. The van der Waals surface area contributed by atoms with Crippen LogP contribution in [0.5, 0.6) is 5.75 Å². The molecular formula is C27H34N2O3. The summed E-state index contributed by atoms with van der Waals surface area (Å²) in [4.78, 5) is 28.1. The van der Waals surface area contributed by atoms with Gasteiger partial charge in [-0.25, -0.2) is 0 Å². The quantitative estimate of drug-likeness (QED) is 0.524. The summed E-state index contributed by atoms with van der Waals surface area (Å²) < 4.78 is 5.24. The third-order valence-corrected chi connectivity index (χ3v) is 5.94. The summed E-state index contributed by atoms with van der Waals surface area (Å²) in [5.74, 6) is 0.569. The average molecular weight is 435 g/mol. The van der Waals surface area contributed by atoms with E-state index in [0.717, 1.165) is 36.1 Å². The van der Waals surface area contributed by atoms with E-state index in [2.05, 4.69) is 11.4 Å². The molecule has 5 heteroatoms. The third-order valence-electron chi connectivity index (χ3n) is 5.94. The van der Waals surface area contributed by atoms with Crippen LogP contribution >= 0.6 is 0 Å². The lowest BCUT2D eigenvalue weighted by Gasteiger charge is -2.31. The van der Waals surface area contributed by atoms with Crippen LogP contribution in [0.4, 0.5) is 0 Å². The van der Waals surface area contributed by atoms with Crippen LogP contribution in [-0.2, 0) is 16.1 Å². The van der Waals surface area contributed by atoms with Gasteiger partial charge in [-0.3, -0.25) is 9.59 Å². The van der Waals surface area contributed by atoms with E-state index >= 15 is 0 Å². The van der Waals surface area contributed by atoms with Crippen molar-refractivity contribution in [3.05, 3.63) is 77.4 Å². The van der Waals surface area contributed by atoms with Crippen LogP contribution in [0.3, 0.4) is 0 Å². The number of rotatable bonds is 10. The van der Waals surface area contributed by atoms with Crippen molar-refractivity contribution in [3.8, 4) is 5.75 Å². The van der Waals surface area contributed by atoms with Crippen molar-refractivity contribution in [2.45, 2.75) is 58.0 Å². The van der Waals surface area contributed by atoms with Crippen LogP contribution in [0, 0.1) is 0 Å². The number of benzene rings is 2. The molecule has 1 aliphatic rings. The minimum Gasteiger partial charge on any atom is -0.497 e. The van der Waals surface area contributed by atoms with Crippen molar-refractivity contribution in [1.82, 2.24) is 10.2 Å². The molecule has 2 amide bonds. The Bertz CT molecular complexity index is 906. The SMILES string of the molecule is CCC(=O)N(Cc1ccc(OC)cc1)C(C(=O)NCCC1=CCCCC1)c1ccccc1. The van der Waals surface area contributed by atoms with E-state index in [-0.39, 0.29) is 11.8 Å². The van der Waals surface area contributed by atoms with Gasteiger partial charge in [0.2, 0.25) is 11.8 Å². The first-order valence-electron chi connectivity index (χ1n) is 11.5. The third kappa shape index (κ3) is 6.46. The molecule has 0 radical (unpaired) electrons. The summed E-state index contributed by atoms with van der Waals surface area (Å²) in [5, 5.41) is 3.10. The molecular weight excluding hydrogens is 400 g/mol. The smallest absolute Gasteiger partial charge is 0.247 e. The first-order chi connectivity index (χ1) is 15.6. The Morgan fingerprint density at radius 3 is 2.44 bits per heavy atom. The van der Waals surface area contributed by atoms with Crippen LogP contribution in [0.15, 0.2) is 66.2 Å². The van der Waals surface area contributed by atoms with Crippen LogP contribution in [0.2, 0.25) is 0 Å². The summed E-state index contributed by atoms with van der Waals surface area (Å²) in [7, 11) is 1.63. The molecule has 3 rings (SSSR count). The van der Waals surface area contributed by atoms with Gasteiger partial charge in [0.15, 0.2) is 0 Å². The maximum Gasteiger partial charge on any atom is 0.247 e.